The van der Waals surface area contributed by atoms with E-state index in [0.717, 1.165) is 50.5 Å². The van der Waals surface area contributed by atoms with Gasteiger partial charge in [0.25, 0.3) is 0 Å². The van der Waals surface area contributed by atoms with Crippen LogP contribution in [0.3, 0.4) is 0 Å². The Morgan fingerprint density at radius 2 is 2.07 bits per heavy atom. The molecule has 1 unspecified atom stereocenters. The van der Waals surface area contributed by atoms with Gasteiger partial charge in [-0.25, -0.2) is 23.3 Å². The first-order valence-electron chi connectivity index (χ1n) is 9.90. The molecule has 3 aromatic heterocycles. The second-order valence-electron chi connectivity index (χ2n) is 7.63. The fraction of sp³-hybridized carbons (Fsp3) is 0.450. The van der Waals surface area contributed by atoms with E-state index < -0.39 is 11.6 Å². The number of piperidine rings is 1. The second-order valence-corrected chi connectivity index (χ2v) is 7.63. The third kappa shape index (κ3) is 3.39. The molecule has 29 heavy (non-hydrogen) atoms. The Morgan fingerprint density at radius 1 is 1.21 bits per heavy atom. The summed E-state index contributed by atoms with van der Waals surface area (Å²) >= 11 is 0. The van der Waals surface area contributed by atoms with Crippen LogP contribution in [0.25, 0.3) is 16.9 Å². The van der Waals surface area contributed by atoms with Gasteiger partial charge < -0.3 is 15.4 Å². The maximum atomic E-state index is 14.7. The normalized spacial score (nSPS) is 19.5. The minimum absolute atomic E-state index is 0.0343. The van der Waals surface area contributed by atoms with E-state index in [4.69, 9.17) is 9.72 Å². The summed E-state index contributed by atoms with van der Waals surface area (Å²) in [5, 5.41) is 10.6. The van der Waals surface area contributed by atoms with Crippen LogP contribution in [0.5, 0.6) is 5.75 Å². The van der Waals surface area contributed by atoms with Crippen molar-refractivity contribution in [1.82, 2.24) is 24.9 Å². The second kappa shape index (κ2) is 7.22. The van der Waals surface area contributed by atoms with Crippen molar-refractivity contribution in [2.75, 3.05) is 25.5 Å². The van der Waals surface area contributed by atoms with Gasteiger partial charge in [0.15, 0.2) is 28.8 Å². The number of hydrogen-bond acceptors (Lipinski definition) is 6. The lowest BCUT2D eigenvalue weighted by Crippen LogP contribution is -2.38. The van der Waals surface area contributed by atoms with Crippen LogP contribution < -0.4 is 15.4 Å². The molecule has 1 saturated heterocycles. The summed E-state index contributed by atoms with van der Waals surface area (Å²) in [4.78, 5) is 8.98. The van der Waals surface area contributed by atoms with Crippen molar-refractivity contribution in [3.63, 3.8) is 0 Å². The molecule has 1 aliphatic heterocycles. The molecule has 3 aromatic rings. The standard InChI is InChI=1S/C20H22F2N6O/c1-29-16-10-28-20(27-17(16)11-4-5-11)13(9-24-28)18-14(21)7-15(22)19(26-18)25-12-3-2-6-23-8-12/h7,9-12,23H,2-6,8H2,1H3,(H,25,26). The number of aromatic nitrogens is 4. The third-order valence-electron chi connectivity index (χ3n) is 5.49. The van der Waals surface area contributed by atoms with Gasteiger partial charge >= 0.3 is 0 Å². The van der Waals surface area contributed by atoms with Gasteiger partial charge in [0.1, 0.15) is 5.69 Å². The van der Waals surface area contributed by atoms with Crippen molar-refractivity contribution in [3.05, 3.63) is 35.8 Å². The lowest BCUT2D eigenvalue weighted by molar-refractivity contribution is 0.403. The number of hydrogen-bond donors (Lipinski definition) is 2. The van der Waals surface area contributed by atoms with Crippen molar-refractivity contribution < 1.29 is 13.5 Å². The molecular formula is C20H22F2N6O. The molecule has 0 radical (unpaired) electrons. The quantitative estimate of drug-likeness (QED) is 0.685. The topological polar surface area (TPSA) is 76.4 Å². The van der Waals surface area contributed by atoms with Gasteiger partial charge in [-0.2, -0.15) is 5.10 Å². The summed E-state index contributed by atoms with van der Waals surface area (Å²) in [5.41, 5.74) is 1.79. The number of ether oxygens (including phenoxy) is 1. The van der Waals surface area contributed by atoms with Gasteiger partial charge in [-0.3, -0.25) is 0 Å². The highest BCUT2D eigenvalue weighted by Gasteiger charge is 2.30. The molecule has 2 N–H and O–H groups in total. The first-order valence-corrected chi connectivity index (χ1v) is 9.90. The highest BCUT2D eigenvalue weighted by molar-refractivity contribution is 5.76. The fourth-order valence-corrected chi connectivity index (χ4v) is 3.81. The average molecular weight is 400 g/mol. The number of pyridine rings is 1. The van der Waals surface area contributed by atoms with Gasteiger partial charge in [-0.05, 0) is 32.2 Å². The van der Waals surface area contributed by atoms with E-state index in [-0.39, 0.29) is 17.6 Å². The predicted octanol–water partition coefficient (Wildman–Crippen LogP) is 3.12. The molecule has 1 saturated carbocycles. The van der Waals surface area contributed by atoms with E-state index >= 15 is 0 Å². The van der Waals surface area contributed by atoms with E-state index in [1.54, 1.807) is 17.8 Å². The van der Waals surface area contributed by atoms with Gasteiger partial charge in [-0.15, -0.1) is 0 Å². The number of halogens is 2. The molecule has 1 aliphatic carbocycles. The van der Waals surface area contributed by atoms with E-state index in [2.05, 4.69) is 20.7 Å². The third-order valence-corrected chi connectivity index (χ3v) is 5.49. The first-order chi connectivity index (χ1) is 14.1. The average Bonchev–Trinajstić information content (AvgIpc) is 3.50. The molecule has 1 atom stereocenters. The maximum Gasteiger partial charge on any atom is 0.168 e. The molecule has 0 spiro atoms. The molecule has 2 aliphatic rings. The zero-order valence-electron chi connectivity index (χ0n) is 16.1. The Morgan fingerprint density at radius 3 is 2.79 bits per heavy atom. The van der Waals surface area contributed by atoms with E-state index in [1.165, 1.54) is 6.20 Å². The van der Waals surface area contributed by atoms with Crippen molar-refractivity contribution in [1.29, 1.82) is 0 Å². The molecule has 0 aromatic carbocycles. The Labute approximate surface area is 166 Å². The minimum atomic E-state index is -0.740. The summed E-state index contributed by atoms with van der Waals surface area (Å²) in [6, 6.07) is 0.923. The smallest absolute Gasteiger partial charge is 0.168 e. The molecule has 7 nitrogen and oxygen atoms in total. The Balaban J connectivity index is 1.57. The number of rotatable bonds is 5. The highest BCUT2D eigenvalue weighted by Crippen LogP contribution is 2.43. The van der Waals surface area contributed by atoms with Crippen LogP contribution in [0.1, 0.15) is 37.3 Å². The van der Waals surface area contributed by atoms with Crippen LogP contribution >= 0.6 is 0 Å². The van der Waals surface area contributed by atoms with Crippen molar-refractivity contribution in [3.8, 4) is 17.0 Å². The van der Waals surface area contributed by atoms with Gasteiger partial charge in [-0.1, -0.05) is 0 Å². The molecule has 4 heterocycles. The van der Waals surface area contributed by atoms with Crippen molar-refractivity contribution >= 4 is 11.5 Å². The van der Waals surface area contributed by atoms with Gasteiger partial charge in [0.2, 0.25) is 0 Å². The number of nitrogens with zero attached hydrogens (tertiary/aromatic N) is 4. The SMILES string of the molecule is COc1cn2ncc(-c3nc(NC4CCCNC4)c(F)cc3F)c2nc1C1CC1. The monoisotopic (exact) mass is 400 g/mol. The first kappa shape index (κ1) is 18.2. The summed E-state index contributed by atoms with van der Waals surface area (Å²) < 4.78 is 36.0. The molecule has 9 heteroatoms. The zero-order chi connectivity index (χ0) is 20.0. The van der Waals surface area contributed by atoms with Crippen LogP contribution in [0.15, 0.2) is 18.5 Å². The summed E-state index contributed by atoms with van der Waals surface area (Å²) in [6.07, 6.45) is 7.26. The highest BCUT2D eigenvalue weighted by atomic mass is 19.1. The molecule has 2 fully saturated rings. The number of anilines is 1. The summed E-state index contributed by atoms with van der Waals surface area (Å²) in [6.45, 7) is 1.67. The van der Waals surface area contributed by atoms with Gasteiger partial charge in [0.05, 0.1) is 30.8 Å². The zero-order valence-corrected chi connectivity index (χ0v) is 16.1. The Bertz CT molecular complexity index is 1060. The van der Waals surface area contributed by atoms with Crippen molar-refractivity contribution in [2.45, 2.75) is 37.6 Å². The van der Waals surface area contributed by atoms with Crippen LogP contribution in [0.2, 0.25) is 0 Å². The lowest BCUT2D eigenvalue weighted by atomic mass is 10.1. The minimum Gasteiger partial charge on any atom is -0.493 e. The van der Waals surface area contributed by atoms with Crippen LogP contribution in [0, 0.1) is 11.6 Å². The predicted molar refractivity (Wildman–Crippen MR) is 104 cm³/mol. The van der Waals surface area contributed by atoms with E-state index in [0.29, 0.717) is 22.9 Å². The summed E-state index contributed by atoms with van der Waals surface area (Å²) in [5.74, 6) is -0.392. The molecule has 152 valence electrons. The molecule has 0 amide bonds. The fourth-order valence-electron chi connectivity index (χ4n) is 3.81. The van der Waals surface area contributed by atoms with Crippen molar-refractivity contribution in [2.24, 2.45) is 0 Å². The van der Waals surface area contributed by atoms with Crippen LogP contribution in [-0.2, 0) is 0 Å². The molecule has 0 bridgehead atoms. The summed E-state index contributed by atoms with van der Waals surface area (Å²) in [7, 11) is 1.60. The Kier molecular flexibility index (Phi) is 4.54. The maximum absolute atomic E-state index is 14.7. The largest absolute Gasteiger partial charge is 0.493 e. The van der Waals surface area contributed by atoms with Gasteiger partial charge in [0, 0.05) is 24.6 Å². The van der Waals surface area contributed by atoms with E-state index in [9.17, 15) is 8.78 Å². The van der Waals surface area contributed by atoms with Crippen LogP contribution in [-0.4, -0.2) is 45.8 Å². The van der Waals surface area contributed by atoms with Crippen LogP contribution in [0.4, 0.5) is 14.6 Å². The molecule has 5 rings (SSSR count). The Hall–Kier alpha value is -2.81. The number of fused-ring (bicyclic) bond motifs is 1. The molecular weight excluding hydrogens is 378 g/mol. The van der Waals surface area contributed by atoms with E-state index in [1.807, 2.05) is 0 Å². The lowest BCUT2D eigenvalue weighted by Gasteiger charge is -2.24. The number of nitrogens with one attached hydrogen (secondary N) is 2. The number of methoxy groups -OCH3 is 1.